The molecular formula is C10H13NO. The van der Waals surface area contributed by atoms with E-state index in [9.17, 15) is 5.11 Å². The van der Waals surface area contributed by atoms with Gasteiger partial charge in [0.15, 0.2) is 0 Å². The fourth-order valence-corrected chi connectivity index (χ4v) is 1.83. The summed E-state index contributed by atoms with van der Waals surface area (Å²) in [5, 5.41) is 9.86. The predicted octanol–water partition coefficient (Wildman–Crippen LogP) is 0.993. The van der Waals surface area contributed by atoms with Crippen LogP contribution in [0.5, 0.6) is 0 Å². The van der Waals surface area contributed by atoms with E-state index in [1.807, 2.05) is 24.3 Å². The molecule has 0 unspecified atom stereocenters. The number of fused-ring (bicyclic) bond motifs is 1. The summed E-state index contributed by atoms with van der Waals surface area (Å²) >= 11 is 0. The fraction of sp³-hybridized carbons (Fsp3) is 0.400. The van der Waals surface area contributed by atoms with Crippen LogP contribution in [0, 0.1) is 0 Å². The van der Waals surface area contributed by atoms with Crippen LogP contribution < -0.4 is 5.73 Å². The van der Waals surface area contributed by atoms with Crippen molar-refractivity contribution in [3.05, 3.63) is 35.4 Å². The zero-order valence-electron chi connectivity index (χ0n) is 7.12. The van der Waals surface area contributed by atoms with Crippen molar-refractivity contribution < 1.29 is 5.11 Å². The Morgan fingerprint density at radius 2 is 2.17 bits per heavy atom. The molecule has 0 fully saturated rings. The van der Waals surface area contributed by atoms with Gasteiger partial charge in [-0.15, -0.1) is 0 Å². The SMILES string of the molecule is C[C@@]1(O)Cc2ccccc2[C@H]1N. The second-order valence-electron chi connectivity index (χ2n) is 3.71. The van der Waals surface area contributed by atoms with Crippen LogP contribution in [0.3, 0.4) is 0 Å². The Labute approximate surface area is 72.0 Å². The van der Waals surface area contributed by atoms with Gasteiger partial charge >= 0.3 is 0 Å². The molecule has 1 aromatic carbocycles. The molecule has 2 heteroatoms. The molecule has 0 radical (unpaired) electrons. The molecule has 1 aliphatic carbocycles. The van der Waals surface area contributed by atoms with E-state index in [0.717, 1.165) is 5.56 Å². The summed E-state index contributed by atoms with van der Waals surface area (Å²) in [4.78, 5) is 0. The molecule has 0 spiro atoms. The normalized spacial score (nSPS) is 33.4. The van der Waals surface area contributed by atoms with E-state index in [1.54, 1.807) is 6.92 Å². The second kappa shape index (κ2) is 2.31. The van der Waals surface area contributed by atoms with Crippen LogP contribution in [0.15, 0.2) is 24.3 Å². The van der Waals surface area contributed by atoms with Crippen molar-refractivity contribution >= 4 is 0 Å². The predicted molar refractivity (Wildman–Crippen MR) is 47.7 cm³/mol. The summed E-state index contributed by atoms with van der Waals surface area (Å²) in [6, 6.07) is 7.72. The topological polar surface area (TPSA) is 46.2 Å². The lowest BCUT2D eigenvalue weighted by molar-refractivity contribution is 0.0450. The minimum atomic E-state index is -0.760. The van der Waals surface area contributed by atoms with Crippen molar-refractivity contribution in [2.24, 2.45) is 5.73 Å². The van der Waals surface area contributed by atoms with Gasteiger partial charge in [0.1, 0.15) is 0 Å². The molecule has 3 N–H and O–H groups in total. The first kappa shape index (κ1) is 7.77. The number of nitrogens with two attached hydrogens (primary N) is 1. The average molecular weight is 163 g/mol. The smallest absolute Gasteiger partial charge is 0.0851 e. The third-order valence-electron chi connectivity index (χ3n) is 2.61. The third-order valence-corrected chi connectivity index (χ3v) is 2.61. The van der Waals surface area contributed by atoms with Crippen LogP contribution in [0.2, 0.25) is 0 Å². The van der Waals surface area contributed by atoms with E-state index in [1.165, 1.54) is 5.56 Å². The van der Waals surface area contributed by atoms with Gasteiger partial charge in [-0.2, -0.15) is 0 Å². The van der Waals surface area contributed by atoms with Gasteiger partial charge in [-0.1, -0.05) is 24.3 Å². The third kappa shape index (κ3) is 0.958. The van der Waals surface area contributed by atoms with Gasteiger partial charge < -0.3 is 10.8 Å². The summed E-state index contributed by atoms with van der Waals surface area (Å²) < 4.78 is 0. The van der Waals surface area contributed by atoms with E-state index >= 15 is 0 Å². The van der Waals surface area contributed by atoms with E-state index in [4.69, 9.17) is 5.73 Å². The highest BCUT2D eigenvalue weighted by Gasteiger charge is 2.37. The summed E-state index contributed by atoms with van der Waals surface area (Å²) in [6.07, 6.45) is 0.671. The largest absolute Gasteiger partial charge is 0.388 e. The minimum absolute atomic E-state index is 0.228. The Balaban J connectivity index is 2.49. The van der Waals surface area contributed by atoms with Gasteiger partial charge in [0.25, 0.3) is 0 Å². The van der Waals surface area contributed by atoms with Crippen molar-refractivity contribution in [3.8, 4) is 0 Å². The summed E-state index contributed by atoms with van der Waals surface area (Å²) in [5.74, 6) is 0. The lowest BCUT2D eigenvalue weighted by Crippen LogP contribution is -2.34. The van der Waals surface area contributed by atoms with Gasteiger partial charge in [-0.3, -0.25) is 0 Å². The molecule has 0 heterocycles. The molecule has 0 bridgehead atoms. The van der Waals surface area contributed by atoms with Crippen molar-refractivity contribution in [1.29, 1.82) is 0 Å². The highest BCUT2D eigenvalue weighted by molar-refractivity contribution is 5.38. The molecule has 0 aromatic heterocycles. The van der Waals surface area contributed by atoms with Crippen LogP contribution >= 0.6 is 0 Å². The highest BCUT2D eigenvalue weighted by atomic mass is 16.3. The summed E-state index contributed by atoms with van der Waals surface area (Å²) in [7, 11) is 0. The molecule has 0 aliphatic heterocycles. The molecule has 2 rings (SSSR count). The summed E-state index contributed by atoms with van der Waals surface area (Å²) in [6.45, 7) is 1.79. The maximum absolute atomic E-state index is 9.86. The average Bonchev–Trinajstić information content (AvgIpc) is 2.24. The number of aliphatic hydroxyl groups is 1. The molecule has 12 heavy (non-hydrogen) atoms. The van der Waals surface area contributed by atoms with Crippen molar-refractivity contribution in [1.82, 2.24) is 0 Å². The molecule has 0 saturated carbocycles. The van der Waals surface area contributed by atoms with Gasteiger partial charge in [0.05, 0.1) is 11.6 Å². The lowest BCUT2D eigenvalue weighted by Gasteiger charge is -2.21. The van der Waals surface area contributed by atoms with Crippen molar-refractivity contribution in [3.63, 3.8) is 0 Å². The van der Waals surface area contributed by atoms with Crippen LogP contribution in [0.1, 0.15) is 24.1 Å². The Kier molecular flexibility index (Phi) is 1.50. The Morgan fingerprint density at radius 3 is 2.83 bits per heavy atom. The van der Waals surface area contributed by atoms with E-state index in [2.05, 4.69) is 0 Å². The second-order valence-corrected chi connectivity index (χ2v) is 3.71. The van der Waals surface area contributed by atoms with E-state index < -0.39 is 5.60 Å². The maximum atomic E-state index is 9.86. The molecule has 2 atom stereocenters. The van der Waals surface area contributed by atoms with Crippen LogP contribution in [0.25, 0.3) is 0 Å². The standard InChI is InChI=1S/C10H13NO/c1-10(12)6-7-4-2-3-5-8(7)9(10)11/h2-5,9,12H,6,11H2,1H3/t9-,10-/m1/s1. The van der Waals surface area contributed by atoms with Crippen LogP contribution in [-0.4, -0.2) is 10.7 Å². The highest BCUT2D eigenvalue weighted by Crippen LogP contribution is 2.36. The van der Waals surface area contributed by atoms with Crippen molar-refractivity contribution in [2.45, 2.75) is 25.0 Å². The zero-order chi connectivity index (χ0) is 8.77. The minimum Gasteiger partial charge on any atom is -0.388 e. The lowest BCUT2D eigenvalue weighted by atomic mass is 9.99. The first-order valence-corrected chi connectivity index (χ1v) is 4.17. The monoisotopic (exact) mass is 163 g/mol. The number of benzene rings is 1. The molecule has 1 aromatic rings. The number of hydrogen-bond acceptors (Lipinski definition) is 2. The van der Waals surface area contributed by atoms with Gasteiger partial charge in [-0.05, 0) is 18.1 Å². The van der Waals surface area contributed by atoms with Crippen LogP contribution in [-0.2, 0) is 6.42 Å². The first-order valence-electron chi connectivity index (χ1n) is 4.17. The Hall–Kier alpha value is -0.860. The zero-order valence-corrected chi connectivity index (χ0v) is 7.12. The molecule has 0 amide bonds. The van der Waals surface area contributed by atoms with E-state index in [-0.39, 0.29) is 6.04 Å². The Morgan fingerprint density at radius 1 is 1.50 bits per heavy atom. The fourth-order valence-electron chi connectivity index (χ4n) is 1.83. The Bertz CT molecular complexity index is 306. The first-order chi connectivity index (χ1) is 5.61. The van der Waals surface area contributed by atoms with Gasteiger partial charge in [0, 0.05) is 6.42 Å². The number of rotatable bonds is 0. The number of hydrogen-bond donors (Lipinski definition) is 2. The quantitative estimate of drug-likeness (QED) is 0.599. The molecule has 2 nitrogen and oxygen atoms in total. The maximum Gasteiger partial charge on any atom is 0.0851 e. The molecular weight excluding hydrogens is 150 g/mol. The van der Waals surface area contributed by atoms with Crippen LogP contribution in [0.4, 0.5) is 0 Å². The van der Waals surface area contributed by atoms with E-state index in [0.29, 0.717) is 6.42 Å². The molecule has 64 valence electrons. The molecule has 1 aliphatic rings. The molecule has 0 saturated heterocycles. The van der Waals surface area contributed by atoms with Crippen molar-refractivity contribution in [2.75, 3.05) is 0 Å². The van der Waals surface area contributed by atoms with Gasteiger partial charge in [0.2, 0.25) is 0 Å². The summed E-state index contributed by atoms with van der Waals surface area (Å²) in [5.41, 5.74) is 7.38. The van der Waals surface area contributed by atoms with Gasteiger partial charge in [-0.25, -0.2) is 0 Å².